The number of thiophene rings is 1. The van der Waals surface area contributed by atoms with Gasteiger partial charge >= 0.3 is 0 Å². The number of halogens is 3. The first-order chi connectivity index (χ1) is 8.61. The number of thioether (sulfide) groups is 1. The molecular formula is C9H7BrF2N4S2. The van der Waals surface area contributed by atoms with Crippen LogP contribution in [0.2, 0.25) is 0 Å². The second kappa shape index (κ2) is 5.89. The Morgan fingerprint density at radius 1 is 1.56 bits per heavy atom. The van der Waals surface area contributed by atoms with Gasteiger partial charge in [-0.2, -0.15) is 9.78 Å². The molecule has 0 aliphatic heterocycles. The topological polar surface area (TPSA) is 43.1 Å². The second-order valence-electron chi connectivity index (χ2n) is 3.07. The molecule has 2 aromatic heterocycles. The summed E-state index contributed by atoms with van der Waals surface area (Å²) in [7, 11) is 0. The van der Waals surface area contributed by atoms with Crippen molar-refractivity contribution < 1.29 is 8.78 Å². The number of nitrogens with zero attached hydrogens (tertiary/aromatic N) is 4. The van der Waals surface area contributed by atoms with Crippen LogP contribution >= 0.6 is 39.0 Å². The lowest BCUT2D eigenvalue weighted by molar-refractivity contribution is 0.135. The smallest absolute Gasteiger partial charge is 0.201 e. The monoisotopic (exact) mass is 352 g/mol. The third kappa shape index (κ3) is 2.96. The van der Waals surface area contributed by atoms with E-state index in [1.54, 1.807) is 6.26 Å². The summed E-state index contributed by atoms with van der Waals surface area (Å²) in [5.41, 5.74) is 0. The predicted molar refractivity (Wildman–Crippen MR) is 71.8 cm³/mol. The van der Waals surface area contributed by atoms with Gasteiger partial charge in [-0.15, -0.1) is 21.5 Å². The largest absolute Gasteiger partial charge is 0.299 e. The molecule has 0 fully saturated rings. The Kier molecular flexibility index (Phi) is 4.46. The number of hydrogen-bond acceptors (Lipinski definition) is 5. The molecule has 0 saturated carbocycles. The lowest BCUT2D eigenvalue weighted by Crippen LogP contribution is -2.00. The van der Waals surface area contributed by atoms with Crippen LogP contribution in [0.15, 0.2) is 26.2 Å². The van der Waals surface area contributed by atoms with Crippen LogP contribution in [0.3, 0.4) is 0 Å². The summed E-state index contributed by atoms with van der Waals surface area (Å²) in [6, 6.07) is 1.85. The van der Waals surface area contributed by atoms with E-state index in [2.05, 4.69) is 31.2 Å². The van der Waals surface area contributed by atoms with Crippen LogP contribution in [0.4, 0.5) is 8.78 Å². The van der Waals surface area contributed by atoms with Gasteiger partial charge in [0.05, 0.1) is 6.21 Å². The molecule has 0 atom stereocenters. The lowest BCUT2D eigenvalue weighted by atomic mass is 10.5. The molecule has 9 heteroatoms. The number of aromatic nitrogens is 3. The highest BCUT2D eigenvalue weighted by Crippen LogP contribution is 2.22. The molecule has 2 aromatic rings. The summed E-state index contributed by atoms with van der Waals surface area (Å²) >= 11 is 5.97. The van der Waals surface area contributed by atoms with Crippen molar-refractivity contribution in [3.05, 3.63) is 26.6 Å². The predicted octanol–water partition coefficient (Wildman–Crippen LogP) is 3.64. The Balaban J connectivity index is 2.32. The van der Waals surface area contributed by atoms with Gasteiger partial charge in [0.1, 0.15) is 0 Å². The molecule has 0 saturated heterocycles. The quantitative estimate of drug-likeness (QED) is 0.623. The lowest BCUT2D eigenvalue weighted by Gasteiger charge is -2.00. The van der Waals surface area contributed by atoms with Crippen molar-refractivity contribution >= 4 is 45.2 Å². The van der Waals surface area contributed by atoms with E-state index in [1.807, 2.05) is 11.4 Å². The van der Waals surface area contributed by atoms with E-state index >= 15 is 0 Å². The maximum Gasteiger partial charge on any atom is 0.299 e. The average Bonchev–Trinajstić information content (AvgIpc) is 2.91. The molecule has 2 rings (SSSR count). The first-order valence-electron chi connectivity index (χ1n) is 4.67. The van der Waals surface area contributed by atoms with Gasteiger partial charge in [-0.1, -0.05) is 11.8 Å². The summed E-state index contributed by atoms with van der Waals surface area (Å²) in [5, 5.41) is 13.3. The molecule has 0 aliphatic carbocycles. The SMILES string of the molecule is CSc1nnc(C(F)F)n1N=Cc1cc(Br)cs1. The molecule has 0 bridgehead atoms. The normalized spacial score (nSPS) is 11.8. The van der Waals surface area contributed by atoms with Crippen molar-refractivity contribution in [3.63, 3.8) is 0 Å². The fourth-order valence-electron chi connectivity index (χ4n) is 1.16. The van der Waals surface area contributed by atoms with Crippen LogP contribution in [0.25, 0.3) is 0 Å². The van der Waals surface area contributed by atoms with Gasteiger partial charge in [0.25, 0.3) is 6.43 Å². The third-order valence-electron chi connectivity index (χ3n) is 1.90. The van der Waals surface area contributed by atoms with E-state index in [0.29, 0.717) is 5.16 Å². The van der Waals surface area contributed by atoms with Crippen LogP contribution in [0.1, 0.15) is 17.1 Å². The van der Waals surface area contributed by atoms with Gasteiger partial charge < -0.3 is 0 Å². The molecule has 18 heavy (non-hydrogen) atoms. The van der Waals surface area contributed by atoms with Crippen molar-refractivity contribution in [3.8, 4) is 0 Å². The van der Waals surface area contributed by atoms with Crippen molar-refractivity contribution in [2.24, 2.45) is 5.10 Å². The molecule has 0 aliphatic rings. The Hall–Kier alpha value is -0.800. The molecule has 2 heterocycles. The Morgan fingerprint density at radius 3 is 2.89 bits per heavy atom. The van der Waals surface area contributed by atoms with Crippen LogP contribution < -0.4 is 0 Å². The van der Waals surface area contributed by atoms with Gasteiger partial charge in [-0.25, -0.2) is 8.78 Å². The van der Waals surface area contributed by atoms with Crippen molar-refractivity contribution in [2.45, 2.75) is 11.6 Å². The van der Waals surface area contributed by atoms with Gasteiger partial charge in [0.15, 0.2) is 0 Å². The van der Waals surface area contributed by atoms with Crippen LogP contribution in [-0.2, 0) is 0 Å². The summed E-state index contributed by atoms with van der Waals surface area (Å²) < 4.78 is 27.4. The van der Waals surface area contributed by atoms with Crippen LogP contribution in [0.5, 0.6) is 0 Å². The summed E-state index contributed by atoms with van der Waals surface area (Å²) in [4.78, 5) is 0.850. The molecule has 0 amide bonds. The molecule has 0 radical (unpaired) electrons. The average molecular weight is 353 g/mol. The zero-order valence-corrected chi connectivity index (χ0v) is 12.3. The van der Waals surface area contributed by atoms with Crippen molar-refractivity contribution in [2.75, 3.05) is 6.26 Å². The van der Waals surface area contributed by atoms with E-state index in [9.17, 15) is 8.78 Å². The molecule has 0 N–H and O–H groups in total. The highest BCUT2D eigenvalue weighted by Gasteiger charge is 2.19. The third-order valence-corrected chi connectivity index (χ3v) is 4.15. The molecule has 0 aromatic carbocycles. The number of alkyl halides is 2. The van der Waals surface area contributed by atoms with Crippen molar-refractivity contribution in [1.82, 2.24) is 14.9 Å². The zero-order valence-electron chi connectivity index (χ0n) is 9.05. The fraction of sp³-hybridized carbons (Fsp3) is 0.222. The van der Waals surface area contributed by atoms with Gasteiger partial charge in [0.2, 0.25) is 11.0 Å². The molecular weight excluding hydrogens is 346 g/mol. The molecule has 4 nitrogen and oxygen atoms in total. The fourth-order valence-corrected chi connectivity index (χ4v) is 2.89. The van der Waals surface area contributed by atoms with E-state index in [-0.39, 0.29) is 0 Å². The minimum atomic E-state index is -2.70. The molecule has 0 unspecified atom stereocenters. The first-order valence-corrected chi connectivity index (χ1v) is 7.57. The van der Waals surface area contributed by atoms with Crippen molar-refractivity contribution in [1.29, 1.82) is 0 Å². The van der Waals surface area contributed by atoms with Crippen LogP contribution in [0, 0.1) is 0 Å². The minimum absolute atomic E-state index is 0.331. The molecule has 96 valence electrons. The summed E-state index contributed by atoms with van der Waals surface area (Å²) in [6.45, 7) is 0. The van der Waals surface area contributed by atoms with Gasteiger partial charge in [-0.3, -0.25) is 0 Å². The maximum absolute atomic E-state index is 12.7. The van der Waals surface area contributed by atoms with E-state index in [4.69, 9.17) is 0 Å². The minimum Gasteiger partial charge on any atom is -0.201 e. The zero-order chi connectivity index (χ0) is 13.1. The Labute approximate surface area is 118 Å². The highest BCUT2D eigenvalue weighted by molar-refractivity contribution is 9.10. The summed E-state index contributed by atoms with van der Waals surface area (Å²) in [6.07, 6.45) is 0.530. The van der Waals surface area contributed by atoms with E-state index in [1.165, 1.54) is 29.3 Å². The first kappa shape index (κ1) is 13.6. The van der Waals surface area contributed by atoms with Gasteiger partial charge in [-0.05, 0) is 28.3 Å². The highest BCUT2D eigenvalue weighted by atomic mass is 79.9. The number of hydrogen-bond donors (Lipinski definition) is 0. The summed E-state index contributed by atoms with van der Waals surface area (Å²) in [5.74, 6) is -0.453. The van der Waals surface area contributed by atoms with Crippen LogP contribution in [-0.4, -0.2) is 27.3 Å². The Morgan fingerprint density at radius 2 is 2.33 bits per heavy atom. The number of rotatable bonds is 4. The van der Waals surface area contributed by atoms with E-state index in [0.717, 1.165) is 14.0 Å². The Bertz CT molecular complexity index is 567. The standard InChI is InChI=1S/C9H7BrF2N4S2/c1-17-9-15-14-8(7(11)12)16(9)13-3-6-2-5(10)4-18-6/h2-4,7H,1H3. The van der Waals surface area contributed by atoms with Gasteiger partial charge in [0, 0.05) is 14.7 Å². The second-order valence-corrected chi connectivity index (χ2v) is 5.70. The molecule has 0 spiro atoms. The maximum atomic E-state index is 12.7. The van der Waals surface area contributed by atoms with E-state index < -0.39 is 12.2 Å².